The molecule has 19 heavy (non-hydrogen) atoms. The first-order valence-corrected chi connectivity index (χ1v) is 7.92. The topological polar surface area (TPSA) is 21.7 Å². The van der Waals surface area contributed by atoms with Crippen molar-refractivity contribution < 1.29 is 9.47 Å². The van der Waals surface area contributed by atoms with Gasteiger partial charge in [-0.25, -0.2) is 0 Å². The third-order valence-corrected chi connectivity index (χ3v) is 4.59. The lowest BCUT2D eigenvalue weighted by Gasteiger charge is -2.32. The maximum Gasteiger partial charge on any atom is 0.160 e. The molecule has 0 radical (unpaired) electrons. The molecule has 1 aliphatic rings. The molecule has 1 atom stereocenters. The summed E-state index contributed by atoms with van der Waals surface area (Å²) >= 11 is 2.06. The highest BCUT2D eigenvalue weighted by molar-refractivity contribution is 7.99. The zero-order chi connectivity index (χ0) is 13.7. The van der Waals surface area contributed by atoms with Crippen LogP contribution in [0.15, 0.2) is 18.2 Å². The third-order valence-electron chi connectivity index (χ3n) is 3.65. The zero-order valence-corrected chi connectivity index (χ0v) is 12.8. The molecule has 0 saturated carbocycles. The molecule has 1 aromatic rings. The van der Waals surface area contributed by atoms with Crippen LogP contribution in [0, 0.1) is 0 Å². The summed E-state index contributed by atoms with van der Waals surface area (Å²) in [6, 6.07) is 6.80. The Bertz CT molecular complexity index is 405. The van der Waals surface area contributed by atoms with Gasteiger partial charge in [0.2, 0.25) is 0 Å². The smallest absolute Gasteiger partial charge is 0.160 e. The Hall–Kier alpha value is -0.870. The highest BCUT2D eigenvalue weighted by Crippen LogP contribution is 2.28. The number of nitrogens with zero attached hydrogens (tertiary/aromatic N) is 1. The van der Waals surface area contributed by atoms with Crippen LogP contribution in [0.25, 0.3) is 0 Å². The van der Waals surface area contributed by atoms with E-state index in [0.717, 1.165) is 17.9 Å². The zero-order valence-electron chi connectivity index (χ0n) is 12.0. The van der Waals surface area contributed by atoms with Crippen molar-refractivity contribution in [3.05, 3.63) is 23.8 Å². The van der Waals surface area contributed by atoms with Crippen LogP contribution in [0.3, 0.4) is 0 Å². The molecule has 0 unspecified atom stereocenters. The van der Waals surface area contributed by atoms with Crippen molar-refractivity contribution in [1.82, 2.24) is 4.90 Å². The van der Waals surface area contributed by atoms with E-state index >= 15 is 0 Å². The molecule has 1 fully saturated rings. The van der Waals surface area contributed by atoms with Crippen molar-refractivity contribution in [3.63, 3.8) is 0 Å². The van der Waals surface area contributed by atoms with Gasteiger partial charge in [0, 0.05) is 30.6 Å². The van der Waals surface area contributed by atoms with Crippen molar-refractivity contribution in [3.8, 4) is 11.5 Å². The molecule has 0 bridgehead atoms. The van der Waals surface area contributed by atoms with Crippen LogP contribution in [-0.2, 0) is 6.42 Å². The molecule has 1 heterocycles. The minimum atomic E-state index is 0.582. The van der Waals surface area contributed by atoms with Crippen LogP contribution >= 0.6 is 11.8 Å². The van der Waals surface area contributed by atoms with Gasteiger partial charge in [-0.05, 0) is 31.0 Å². The Labute approximate surface area is 120 Å². The molecular formula is C15H23NO2S. The predicted molar refractivity (Wildman–Crippen MR) is 81.6 cm³/mol. The Morgan fingerprint density at radius 3 is 2.47 bits per heavy atom. The lowest BCUT2D eigenvalue weighted by Crippen LogP contribution is -2.40. The molecule has 0 aromatic heterocycles. The Morgan fingerprint density at radius 1 is 1.16 bits per heavy atom. The first-order valence-electron chi connectivity index (χ1n) is 6.77. The second-order valence-corrected chi connectivity index (χ2v) is 6.12. The van der Waals surface area contributed by atoms with Gasteiger partial charge in [-0.15, -0.1) is 0 Å². The van der Waals surface area contributed by atoms with Crippen molar-refractivity contribution in [1.29, 1.82) is 0 Å². The summed E-state index contributed by atoms with van der Waals surface area (Å²) in [5, 5.41) is 0. The third kappa shape index (κ3) is 3.80. The van der Waals surface area contributed by atoms with E-state index in [1.54, 1.807) is 14.2 Å². The molecular weight excluding hydrogens is 258 g/mol. The van der Waals surface area contributed by atoms with E-state index in [1.807, 2.05) is 6.07 Å². The van der Waals surface area contributed by atoms with E-state index in [-0.39, 0.29) is 0 Å². The first kappa shape index (κ1) is 14.5. The number of benzene rings is 1. The SMILES string of the molecule is COc1ccc(C[C@@H](C)N2CCSCC2)cc1OC. The molecule has 3 nitrogen and oxygen atoms in total. The van der Waals surface area contributed by atoms with Gasteiger partial charge >= 0.3 is 0 Å². The molecule has 1 saturated heterocycles. The minimum Gasteiger partial charge on any atom is -0.493 e. The van der Waals surface area contributed by atoms with Crippen molar-refractivity contribution in [2.24, 2.45) is 0 Å². The van der Waals surface area contributed by atoms with Crippen LogP contribution < -0.4 is 9.47 Å². The van der Waals surface area contributed by atoms with Gasteiger partial charge < -0.3 is 9.47 Å². The summed E-state index contributed by atoms with van der Waals surface area (Å²) < 4.78 is 10.6. The highest BCUT2D eigenvalue weighted by Gasteiger charge is 2.17. The number of ether oxygens (including phenoxy) is 2. The van der Waals surface area contributed by atoms with Gasteiger partial charge in [-0.2, -0.15) is 11.8 Å². The van der Waals surface area contributed by atoms with Crippen LogP contribution in [0.2, 0.25) is 0 Å². The fourth-order valence-corrected chi connectivity index (χ4v) is 3.43. The molecule has 1 aliphatic heterocycles. The van der Waals surface area contributed by atoms with Crippen molar-refractivity contribution in [2.45, 2.75) is 19.4 Å². The molecule has 0 N–H and O–H groups in total. The van der Waals surface area contributed by atoms with Gasteiger partial charge in [-0.3, -0.25) is 4.90 Å². The van der Waals surface area contributed by atoms with Crippen LogP contribution in [0.5, 0.6) is 11.5 Å². The number of hydrogen-bond donors (Lipinski definition) is 0. The summed E-state index contributed by atoms with van der Waals surface area (Å²) in [7, 11) is 3.36. The average molecular weight is 281 g/mol. The highest BCUT2D eigenvalue weighted by atomic mass is 32.2. The Kier molecular flexibility index (Phi) is 5.40. The maximum atomic E-state index is 5.36. The summed E-state index contributed by atoms with van der Waals surface area (Å²) in [4.78, 5) is 2.58. The maximum absolute atomic E-state index is 5.36. The van der Waals surface area contributed by atoms with E-state index in [0.29, 0.717) is 6.04 Å². The van der Waals surface area contributed by atoms with Crippen LogP contribution in [-0.4, -0.2) is 49.8 Å². The molecule has 2 rings (SSSR count). The molecule has 4 heteroatoms. The summed E-state index contributed by atoms with van der Waals surface area (Å²) in [5.74, 6) is 4.14. The Balaban J connectivity index is 2.01. The summed E-state index contributed by atoms with van der Waals surface area (Å²) in [6.45, 7) is 4.73. The van der Waals surface area contributed by atoms with Crippen LogP contribution in [0.1, 0.15) is 12.5 Å². The molecule has 0 amide bonds. The van der Waals surface area contributed by atoms with Crippen LogP contribution in [0.4, 0.5) is 0 Å². The fraction of sp³-hybridized carbons (Fsp3) is 0.600. The number of methoxy groups -OCH3 is 2. The average Bonchev–Trinajstić information content (AvgIpc) is 2.48. The summed E-state index contributed by atoms with van der Waals surface area (Å²) in [5.41, 5.74) is 1.31. The first-order chi connectivity index (χ1) is 9.24. The predicted octanol–water partition coefficient (Wildman–Crippen LogP) is 2.68. The molecule has 0 spiro atoms. The molecule has 1 aromatic carbocycles. The van der Waals surface area contributed by atoms with E-state index in [1.165, 1.54) is 30.2 Å². The molecule has 0 aliphatic carbocycles. The lowest BCUT2D eigenvalue weighted by molar-refractivity contribution is 0.229. The van der Waals surface area contributed by atoms with E-state index < -0.39 is 0 Å². The van der Waals surface area contributed by atoms with Gasteiger partial charge in [0.1, 0.15) is 0 Å². The van der Waals surface area contributed by atoms with Gasteiger partial charge in [-0.1, -0.05) is 6.07 Å². The minimum absolute atomic E-state index is 0.582. The lowest BCUT2D eigenvalue weighted by atomic mass is 10.1. The number of thioether (sulfide) groups is 1. The second-order valence-electron chi connectivity index (χ2n) is 4.89. The van der Waals surface area contributed by atoms with Crippen molar-refractivity contribution in [2.75, 3.05) is 38.8 Å². The van der Waals surface area contributed by atoms with Gasteiger partial charge in [0.25, 0.3) is 0 Å². The number of hydrogen-bond acceptors (Lipinski definition) is 4. The second kappa shape index (κ2) is 7.06. The molecule has 106 valence electrons. The van der Waals surface area contributed by atoms with Gasteiger partial charge in [0.05, 0.1) is 14.2 Å². The monoisotopic (exact) mass is 281 g/mol. The normalized spacial score (nSPS) is 18.1. The standard InChI is InChI=1S/C15H23NO2S/c1-12(16-6-8-19-9-7-16)10-13-4-5-14(17-2)15(11-13)18-3/h4-5,11-12H,6-10H2,1-3H3/t12-/m1/s1. The van der Waals surface area contributed by atoms with Gasteiger partial charge in [0.15, 0.2) is 11.5 Å². The quantitative estimate of drug-likeness (QED) is 0.827. The Morgan fingerprint density at radius 2 is 1.84 bits per heavy atom. The number of rotatable bonds is 5. The van der Waals surface area contributed by atoms with Crippen molar-refractivity contribution >= 4 is 11.8 Å². The fourth-order valence-electron chi connectivity index (χ4n) is 2.50. The van der Waals surface area contributed by atoms with E-state index in [9.17, 15) is 0 Å². The largest absolute Gasteiger partial charge is 0.493 e. The van der Waals surface area contributed by atoms with E-state index in [2.05, 4.69) is 35.7 Å². The summed E-state index contributed by atoms with van der Waals surface area (Å²) in [6.07, 6.45) is 1.06. The van der Waals surface area contributed by atoms with E-state index in [4.69, 9.17) is 9.47 Å².